The van der Waals surface area contributed by atoms with Gasteiger partial charge in [0.05, 0.1) is 5.56 Å². The average molecular weight is 343 g/mol. The van der Waals surface area contributed by atoms with Gasteiger partial charge in [0, 0.05) is 19.5 Å². The van der Waals surface area contributed by atoms with Crippen LogP contribution in [-0.2, 0) is 17.8 Å². The van der Waals surface area contributed by atoms with E-state index < -0.39 is 5.97 Å². The van der Waals surface area contributed by atoms with Crippen LogP contribution in [0.1, 0.15) is 34.8 Å². The Balaban J connectivity index is 1.90. The van der Waals surface area contributed by atoms with Gasteiger partial charge in [0.2, 0.25) is 5.91 Å². The third-order valence-corrected chi connectivity index (χ3v) is 4.22. The molecule has 1 atom stereocenters. The molecule has 0 heterocycles. The standard InChI is InChI=1S/C20H22FNO3/c1-14(7-10-16-5-3-4-6-18(16)21)19(23)22(2)13-15-8-11-17(12-9-15)20(24)25/h3-6,8-9,11-12,14H,7,10,13H2,1-2H3,(H,24,25). The molecule has 0 aliphatic carbocycles. The van der Waals surface area contributed by atoms with Crippen molar-refractivity contribution in [2.45, 2.75) is 26.3 Å². The lowest BCUT2D eigenvalue weighted by Crippen LogP contribution is -2.31. The largest absolute Gasteiger partial charge is 0.478 e. The summed E-state index contributed by atoms with van der Waals surface area (Å²) in [6.45, 7) is 2.25. The Bertz CT molecular complexity index is 743. The number of hydrogen-bond donors (Lipinski definition) is 1. The zero-order valence-corrected chi connectivity index (χ0v) is 14.4. The van der Waals surface area contributed by atoms with Crippen LogP contribution in [0.2, 0.25) is 0 Å². The lowest BCUT2D eigenvalue weighted by molar-refractivity contribution is -0.134. The van der Waals surface area contributed by atoms with E-state index in [2.05, 4.69) is 0 Å². The lowest BCUT2D eigenvalue weighted by atomic mass is 9.99. The SMILES string of the molecule is CC(CCc1ccccc1F)C(=O)N(C)Cc1ccc(C(=O)O)cc1. The summed E-state index contributed by atoms with van der Waals surface area (Å²) >= 11 is 0. The van der Waals surface area contributed by atoms with Crippen molar-refractivity contribution in [3.05, 3.63) is 71.0 Å². The molecule has 0 aromatic heterocycles. The third kappa shape index (κ3) is 5.14. The van der Waals surface area contributed by atoms with Crippen LogP contribution in [0.3, 0.4) is 0 Å². The van der Waals surface area contributed by atoms with Crippen LogP contribution in [0.5, 0.6) is 0 Å². The van der Waals surface area contributed by atoms with Crippen molar-refractivity contribution in [3.63, 3.8) is 0 Å². The minimum atomic E-state index is -0.974. The maximum absolute atomic E-state index is 13.6. The number of carbonyl (C=O) groups is 2. The first kappa shape index (κ1) is 18.6. The van der Waals surface area contributed by atoms with Crippen molar-refractivity contribution < 1.29 is 19.1 Å². The smallest absolute Gasteiger partial charge is 0.335 e. The molecule has 1 N–H and O–H groups in total. The van der Waals surface area contributed by atoms with Gasteiger partial charge in [0.25, 0.3) is 0 Å². The maximum Gasteiger partial charge on any atom is 0.335 e. The Morgan fingerprint density at radius 2 is 1.76 bits per heavy atom. The number of aryl methyl sites for hydroxylation is 1. The van der Waals surface area contributed by atoms with Crippen molar-refractivity contribution in [2.75, 3.05) is 7.05 Å². The molecule has 0 saturated carbocycles. The van der Waals surface area contributed by atoms with E-state index in [0.29, 0.717) is 24.9 Å². The fourth-order valence-corrected chi connectivity index (χ4v) is 2.68. The first-order chi connectivity index (χ1) is 11.9. The van der Waals surface area contributed by atoms with Gasteiger partial charge < -0.3 is 10.0 Å². The molecule has 0 aliphatic heterocycles. The zero-order valence-electron chi connectivity index (χ0n) is 14.4. The second-order valence-electron chi connectivity index (χ2n) is 6.23. The second kappa shape index (κ2) is 8.42. The number of rotatable bonds is 7. The fourth-order valence-electron chi connectivity index (χ4n) is 2.68. The summed E-state index contributed by atoms with van der Waals surface area (Å²) in [5.74, 6) is -1.45. The molecular weight excluding hydrogens is 321 g/mol. The van der Waals surface area contributed by atoms with Gasteiger partial charge in [-0.2, -0.15) is 0 Å². The van der Waals surface area contributed by atoms with Crippen LogP contribution in [0.15, 0.2) is 48.5 Å². The molecule has 0 radical (unpaired) electrons. The molecule has 5 heteroatoms. The normalized spacial score (nSPS) is 11.8. The number of carboxylic acid groups (broad SMARTS) is 1. The predicted octanol–water partition coefficient (Wildman–Crippen LogP) is 3.75. The molecule has 0 spiro atoms. The van der Waals surface area contributed by atoms with Crippen LogP contribution in [0.25, 0.3) is 0 Å². The summed E-state index contributed by atoms with van der Waals surface area (Å²) in [4.78, 5) is 24.9. The van der Waals surface area contributed by atoms with Crippen molar-refractivity contribution >= 4 is 11.9 Å². The number of benzene rings is 2. The quantitative estimate of drug-likeness (QED) is 0.833. The van der Waals surface area contributed by atoms with E-state index in [1.807, 2.05) is 6.92 Å². The molecule has 2 aromatic rings. The minimum absolute atomic E-state index is 0.0151. The number of carboxylic acids is 1. The number of nitrogens with zero attached hydrogens (tertiary/aromatic N) is 1. The average Bonchev–Trinajstić information content (AvgIpc) is 2.60. The fraction of sp³-hybridized carbons (Fsp3) is 0.300. The number of amides is 1. The Kier molecular flexibility index (Phi) is 6.28. The van der Waals surface area contributed by atoms with Crippen LogP contribution in [0.4, 0.5) is 4.39 Å². The molecule has 0 aliphatic rings. The Hall–Kier alpha value is -2.69. The number of carbonyl (C=O) groups excluding carboxylic acids is 1. The van der Waals surface area contributed by atoms with E-state index in [9.17, 15) is 14.0 Å². The van der Waals surface area contributed by atoms with Gasteiger partial charge in [-0.25, -0.2) is 9.18 Å². The molecule has 0 saturated heterocycles. The maximum atomic E-state index is 13.6. The molecule has 2 rings (SSSR count). The topological polar surface area (TPSA) is 57.6 Å². The number of aromatic carboxylic acids is 1. The van der Waals surface area contributed by atoms with Gasteiger partial charge in [-0.05, 0) is 42.2 Å². The van der Waals surface area contributed by atoms with Crippen molar-refractivity contribution in [1.82, 2.24) is 4.90 Å². The van der Waals surface area contributed by atoms with E-state index in [0.717, 1.165) is 5.56 Å². The second-order valence-corrected chi connectivity index (χ2v) is 6.23. The van der Waals surface area contributed by atoms with Crippen LogP contribution in [-0.4, -0.2) is 28.9 Å². The van der Waals surface area contributed by atoms with Crippen molar-refractivity contribution in [3.8, 4) is 0 Å². The number of hydrogen-bond acceptors (Lipinski definition) is 2. The monoisotopic (exact) mass is 343 g/mol. The lowest BCUT2D eigenvalue weighted by Gasteiger charge is -2.21. The molecule has 1 amide bonds. The summed E-state index contributed by atoms with van der Waals surface area (Å²) in [6.07, 6.45) is 1.09. The van der Waals surface area contributed by atoms with E-state index in [4.69, 9.17) is 5.11 Å². The number of halogens is 1. The minimum Gasteiger partial charge on any atom is -0.478 e. The van der Waals surface area contributed by atoms with E-state index >= 15 is 0 Å². The zero-order chi connectivity index (χ0) is 18.4. The van der Waals surface area contributed by atoms with Crippen molar-refractivity contribution in [1.29, 1.82) is 0 Å². The predicted molar refractivity (Wildman–Crippen MR) is 93.8 cm³/mol. The highest BCUT2D eigenvalue weighted by Crippen LogP contribution is 2.16. The van der Waals surface area contributed by atoms with Crippen LogP contribution in [0, 0.1) is 11.7 Å². The van der Waals surface area contributed by atoms with E-state index in [1.54, 1.807) is 42.3 Å². The summed E-state index contributed by atoms with van der Waals surface area (Å²) in [5.41, 5.74) is 1.70. The van der Waals surface area contributed by atoms with Gasteiger partial charge in [-0.3, -0.25) is 4.79 Å². The Morgan fingerprint density at radius 3 is 2.36 bits per heavy atom. The molecule has 25 heavy (non-hydrogen) atoms. The third-order valence-electron chi connectivity index (χ3n) is 4.22. The molecule has 132 valence electrons. The molecule has 1 unspecified atom stereocenters. The van der Waals surface area contributed by atoms with Gasteiger partial charge >= 0.3 is 5.97 Å². The highest BCUT2D eigenvalue weighted by Gasteiger charge is 2.18. The summed E-state index contributed by atoms with van der Waals surface area (Å²) in [7, 11) is 1.72. The van der Waals surface area contributed by atoms with Crippen molar-refractivity contribution in [2.24, 2.45) is 5.92 Å². The van der Waals surface area contributed by atoms with E-state index in [1.165, 1.54) is 18.2 Å². The van der Waals surface area contributed by atoms with E-state index in [-0.39, 0.29) is 23.2 Å². The highest BCUT2D eigenvalue weighted by atomic mass is 19.1. The van der Waals surface area contributed by atoms with Crippen LogP contribution >= 0.6 is 0 Å². The Morgan fingerprint density at radius 1 is 1.12 bits per heavy atom. The molecule has 2 aromatic carbocycles. The van der Waals surface area contributed by atoms with Gasteiger partial charge in [-0.15, -0.1) is 0 Å². The molecular formula is C20H22FNO3. The molecule has 0 fully saturated rings. The van der Waals surface area contributed by atoms with Gasteiger partial charge in [-0.1, -0.05) is 37.3 Å². The summed E-state index contributed by atoms with van der Waals surface area (Å²) < 4.78 is 13.6. The van der Waals surface area contributed by atoms with Gasteiger partial charge in [0.15, 0.2) is 0 Å². The molecule has 0 bridgehead atoms. The first-order valence-corrected chi connectivity index (χ1v) is 8.19. The summed E-state index contributed by atoms with van der Waals surface area (Å²) in [5, 5.41) is 8.90. The summed E-state index contributed by atoms with van der Waals surface area (Å²) in [6, 6.07) is 13.1. The first-order valence-electron chi connectivity index (χ1n) is 8.19. The van der Waals surface area contributed by atoms with Gasteiger partial charge in [0.1, 0.15) is 5.82 Å². The van der Waals surface area contributed by atoms with Crippen LogP contribution < -0.4 is 0 Å². The molecule has 4 nitrogen and oxygen atoms in total. The Labute approximate surface area is 146 Å². The highest BCUT2D eigenvalue weighted by molar-refractivity contribution is 5.87.